The minimum Gasteiger partial charge on any atom is -0.487 e. The molecule has 1 heterocycles. The first-order chi connectivity index (χ1) is 9.90. The Morgan fingerprint density at radius 2 is 1.50 bits per heavy atom. The SMILES string of the molecule is c1ccc(Oc2ccc(OCc3cc[nH]n3)cc2)cc1. The molecular formula is C16H14N2O2. The van der Waals surface area contributed by atoms with E-state index in [1.54, 1.807) is 6.20 Å². The van der Waals surface area contributed by atoms with Crippen LogP contribution >= 0.6 is 0 Å². The van der Waals surface area contributed by atoms with Crippen LogP contribution < -0.4 is 9.47 Å². The third kappa shape index (κ3) is 3.17. The van der Waals surface area contributed by atoms with Crippen molar-refractivity contribution < 1.29 is 9.47 Å². The number of H-pyrrole nitrogens is 1. The molecule has 4 nitrogen and oxygen atoms in total. The average Bonchev–Trinajstić information content (AvgIpc) is 3.01. The maximum Gasteiger partial charge on any atom is 0.132 e. The molecule has 0 aliphatic rings. The van der Waals surface area contributed by atoms with Crippen LogP contribution in [0.25, 0.3) is 0 Å². The fourth-order valence-corrected chi connectivity index (χ4v) is 1.76. The molecule has 20 heavy (non-hydrogen) atoms. The Labute approximate surface area is 117 Å². The van der Waals surface area contributed by atoms with Crippen LogP contribution in [0.5, 0.6) is 17.2 Å². The molecule has 0 saturated heterocycles. The summed E-state index contributed by atoms with van der Waals surface area (Å²) in [5, 5.41) is 6.78. The summed E-state index contributed by atoms with van der Waals surface area (Å²) in [6.07, 6.45) is 1.77. The van der Waals surface area contributed by atoms with Gasteiger partial charge < -0.3 is 9.47 Å². The van der Waals surface area contributed by atoms with Gasteiger partial charge in [0.05, 0.1) is 5.69 Å². The molecule has 0 aliphatic carbocycles. The van der Waals surface area contributed by atoms with Crippen molar-refractivity contribution in [2.24, 2.45) is 0 Å². The maximum atomic E-state index is 5.71. The van der Waals surface area contributed by atoms with Gasteiger partial charge in [-0.3, -0.25) is 5.10 Å². The van der Waals surface area contributed by atoms with E-state index in [2.05, 4.69) is 10.2 Å². The third-order valence-corrected chi connectivity index (χ3v) is 2.75. The van der Waals surface area contributed by atoms with Crippen molar-refractivity contribution in [3.63, 3.8) is 0 Å². The van der Waals surface area contributed by atoms with Crippen molar-refractivity contribution in [3.8, 4) is 17.2 Å². The van der Waals surface area contributed by atoms with E-state index in [9.17, 15) is 0 Å². The Hall–Kier alpha value is -2.75. The van der Waals surface area contributed by atoms with Crippen molar-refractivity contribution >= 4 is 0 Å². The second-order valence-corrected chi connectivity index (χ2v) is 4.24. The molecule has 3 aromatic rings. The van der Waals surface area contributed by atoms with E-state index in [-0.39, 0.29) is 0 Å². The summed E-state index contributed by atoms with van der Waals surface area (Å²) in [6.45, 7) is 0.447. The van der Waals surface area contributed by atoms with Crippen molar-refractivity contribution in [3.05, 3.63) is 72.6 Å². The van der Waals surface area contributed by atoms with Crippen LogP contribution in [0.2, 0.25) is 0 Å². The third-order valence-electron chi connectivity index (χ3n) is 2.75. The van der Waals surface area contributed by atoms with Crippen molar-refractivity contribution in [2.45, 2.75) is 6.61 Å². The molecule has 0 radical (unpaired) electrons. The molecule has 0 spiro atoms. The Morgan fingerprint density at radius 3 is 2.20 bits per heavy atom. The summed E-state index contributed by atoms with van der Waals surface area (Å²) in [5.41, 5.74) is 0.870. The lowest BCUT2D eigenvalue weighted by molar-refractivity contribution is 0.300. The molecule has 0 saturated carbocycles. The van der Waals surface area contributed by atoms with Gasteiger partial charge in [0.25, 0.3) is 0 Å². The number of hydrogen-bond acceptors (Lipinski definition) is 3. The summed E-state index contributed by atoms with van der Waals surface area (Å²) in [4.78, 5) is 0. The zero-order valence-electron chi connectivity index (χ0n) is 10.8. The quantitative estimate of drug-likeness (QED) is 0.764. The predicted molar refractivity (Wildman–Crippen MR) is 75.9 cm³/mol. The highest BCUT2D eigenvalue weighted by Crippen LogP contribution is 2.23. The molecule has 0 unspecified atom stereocenters. The number of rotatable bonds is 5. The smallest absolute Gasteiger partial charge is 0.132 e. The van der Waals surface area contributed by atoms with Gasteiger partial charge in [-0.25, -0.2) is 0 Å². The van der Waals surface area contributed by atoms with Crippen LogP contribution in [0, 0.1) is 0 Å². The summed E-state index contributed by atoms with van der Waals surface area (Å²) in [7, 11) is 0. The second kappa shape index (κ2) is 5.93. The monoisotopic (exact) mass is 266 g/mol. The Morgan fingerprint density at radius 1 is 0.800 bits per heavy atom. The van der Waals surface area contributed by atoms with Crippen LogP contribution in [-0.4, -0.2) is 10.2 Å². The first-order valence-corrected chi connectivity index (χ1v) is 6.34. The minimum absolute atomic E-state index is 0.447. The van der Waals surface area contributed by atoms with Crippen LogP contribution in [0.15, 0.2) is 66.9 Å². The first-order valence-electron chi connectivity index (χ1n) is 6.34. The zero-order chi connectivity index (χ0) is 13.6. The zero-order valence-corrected chi connectivity index (χ0v) is 10.8. The lowest BCUT2D eigenvalue weighted by Gasteiger charge is -2.07. The van der Waals surface area contributed by atoms with Gasteiger partial charge in [-0.1, -0.05) is 18.2 Å². The van der Waals surface area contributed by atoms with Gasteiger partial charge in [0.15, 0.2) is 0 Å². The van der Waals surface area contributed by atoms with Crippen molar-refractivity contribution in [1.29, 1.82) is 0 Å². The number of hydrogen-bond donors (Lipinski definition) is 1. The molecule has 3 rings (SSSR count). The topological polar surface area (TPSA) is 47.1 Å². The molecular weight excluding hydrogens is 252 g/mol. The summed E-state index contributed by atoms with van der Waals surface area (Å²) in [5.74, 6) is 2.38. The van der Waals surface area contributed by atoms with Gasteiger partial charge in [0, 0.05) is 6.20 Å². The van der Waals surface area contributed by atoms with E-state index in [0.717, 1.165) is 22.9 Å². The summed E-state index contributed by atoms with van der Waals surface area (Å²) < 4.78 is 11.3. The van der Waals surface area contributed by atoms with E-state index >= 15 is 0 Å². The van der Waals surface area contributed by atoms with Gasteiger partial charge in [-0.15, -0.1) is 0 Å². The minimum atomic E-state index is 0.447. The maximum absolute atomic E-state index is 5.71. The van der Waals surface area contributed by atoms with Crippen LogP contribution in [0.4, 0.5) is 0 Å². The molecule has 2 aromatic carbocycles. The molecule has 100 valence electrons. The van der Waals surface area contributed by atoms with Gasteiger partial charge >= 0.3 is 0 Å². The van der Waals surface area contributed by atoms with E-state index in [1.807, 2.05) is 60.7 Å². The number of para-hydroxylation sites is 1. The van der Waals surface area contributed by atoms with E-state index in [4.69, 9.17) is 9.47 Å². The highest BCUT2D eigenvalue weighted by Gasteiger charge is 2.00. The van der Waals surface area contributed by atoms with Crippen LogP contribution in [0.1, 0.15) is 5.69 Å². The second-order valence-electron chi connectivity index (χ2n) is 4.24. The van der Waals surface area contributed by atoms with E-state index in [1.165, 1.54) is 0 Å². The number of aromatic amines is 1. The van der Waals surface area contributed by atoms with Gasteiger partial charge in [0.2, 0.25) is 0 Å². The number of benzene rings is 2. The van der Waals surface area contributed by atoms with Gasteiger partial charge in [-0.2, -0.15) is 5.10 Å². The van der Waals surface area contributed by atoms with Crippen molar-refractivity contribution in [2.75, 3.05) is 0 Å². The van der Waals surface area contributed by atoms with Crippen LogP contribution in [0.3, 0.4) is 0 Å². The fraction of sp³-hybridized carbons (Fsp3) is 0.0625. The van der Waals surface area contributed by atoms with Crippen molar-refractivity contribution in [1.82, 2.24) is 10.2 Å². The fourth-order valence-electron chi connectivity index (χ4n) is 1.76. The van der Waals surface area contributed by atoms with Gasteiger partial charge in [-0.05, 0) is 42.5 Å². The molecule has 4 heteroatoms. The molecule has 0 aliphatic heterocycles. The highest BCUT2D eigenvalue weighted by atomic mass is 16.5. The normalized spacial score (nSPS) is 10.2. The molecule has 0 atom stereocenters. The highest BCUT2D eigenvalue weighted by molar-refractivity contribution is 5.35. The summed E-state index contributed by atoms with van der Waals surface area (Å²) in [6, 6.07) is 19.1. The number of ether oxygens (including phenoxy) is 2. The molecule has 1 N–H and O–H groups in total. The lowest BCUT2D eigenvalue weighted by atomic mass is 10.3. The van der Waals surface area contributed by atoms with Gasteiger partial charge in [0.1, 0.15) is 23.9 Å². The molecule has 0 bridgehead atoms. The largest absolute Gasteiger partial charge is 0.487 e. The summed E-state index contributed by atoms with van der Waals surface area (Å²) >= 11 is 0. The predicted octanol–water partition coefficient (Wildman–Crippen LogP) is 3.78. The number of nitrogens with one attached hydrogen (secondary N) is 1. The molecule has 0 fully saturated rings. The molecule has 0 amide bonds. The van der Waals surface area contributed by atoms with E-state index in [0.29, 0.717) is 6.61 Å². The number of aromatic nitrogens is 2. The van der Waals surface area contributed by atoms with E-state index < -0.39 is 0 Å². The Balaban J connectivity index is 1.60. The first kappa shape index (κ1) is 12.3. The standard InChI is InChI=1S/C16H14N2O2/c1-2-4-15(5-3-1)20-16-8-6-14(7-9-16)19-12-13-10-11-17-18-13/h1-11H,12H2,(H,17,18). The lowest BCUT2D eigenvalue weighted by Crippen LogP contribution is -1.95. The molecule has 1 aromatic heterocycles. The Kier molecular flexibility index (Phi) is 3.64. The van der Waals surface area contributed by atoms with Crippen LogP contribution in [-0.2, 0) is 6.61 Å². The number of nitrogens with zero attached hydrogens (tertiary/aromatic N) is 1. The average molecular weight is 266 g/mol. The Bertz CT molecular complexity index is 634.